The van der Waals surface area contributed by atoms with Gasteiger partial charge in [-0.05, 0) is 48.4 Å². The molecule has 9 nitrogen and oxygen atoms in total. The Morgan fingerprint density at radius 1 is 1.16 bits per heavy atom. The number of pyridine rings is 1. The minimum absolute atomic E-state index is 0.0125. The molecule has 1 saturated carbocycles. The Bertz CT molecular complexity index is 1400. The molecule has 1 fully saturated rings. The monoisotopic (exact) mass is 524 g/mol. The zero-order chi connectivity index (χ0) is 26.8. The van der Waals surface area contributed by atoms with Crippen molar-refractivity contribution in [3.63, 3.8) is 0 Å². The van der Waals surface area contributed by atoms with Crippen LogP contribution in [-0.4, -0.2) is 57.2 Å². The number of aromatic nitrogens is 4. The number of nitrogens with one attached hydrogen (secondary N) is 1. The highest BCUT2D eigenvalue weighted by molar-refractivity contribution is 5.66. The molecule has 0 radical (unpaired) electrons. The second-order valence-electron chi connectivity index (χ2n) is 9.57. The first-order valence-corrected chi connectivity index (χ1v) is 12.5. The van der Waals surface area contributed by atoms with Gasteiger partial charge in [-0.25, -0.2) is 13.8 Å². The Morgan fingerprint density at radius 3 is 2.66 bits per heavy atom. The molecule has 0 spiro atoms. The molecule has 1 aliphatic carbocycles. The number of aliphatic hydroxyl groups is 1. The zero-order valence-electron chi connectivity index (χ0n) is 21.1. The minimum Gasteiger partial charge on any atom is -0.491 e. The van der Waals surface area contributed by atoms with Gasteiger partial charge in [0.1, 0.15) is 24.0 Å². The second-order valence-corrected chi connectivity index (χ2v) is 9.57. The molecular formula is C27H30F2N6O3. The molecule has 0 bridgehead atoms. The van der Waals surface area contributed by atoms with Crippen LogP contribution in [0.2, 0.25) is 0 Å². The van der Waals surface area contributed by atoms with E-state index in [9.17, 15) is 8.78 Å². The maximum Gasteiger partial charge on any atom is 0.229 e. The van der Waals surface area contributed by atoms with Crippen LogP contribution in [0.3, 0.4) is 0 Å². The summed E-state index contributed by atoms with van der Waals surface area (Å²) in [5.74, 6) is -0.806. The fraction of sp³-hybridized carbons (Fsp3) is 0.370. The van der Waals surface area contributed by atoms with Gasteiger partial charge in [0.15, 0.2) is 0 Å². The Kier molecular flexibility index (Phi) is 7.50. The van der Waals surface area contributed by atoms with Crippen molar-refractivity contribution in [3.05, 3.63) is 66.1 Å². The lowest BCUT2D eigenvalue weighted by molar-refractivity contribution is 0.00984. The van der Waals surface area contributed by atoms with Crippen molar-refractivity contribution >= 4 is 17.2 Å². The standard InChI is InChI=1S/C27H30F2N6O3/c1-15-9-16(10-22(30)26(15)37-2)19-5-6-31-14-24(19)33-27-32-13-17-3-4-23(34-35(17)27)25-20(28)11-18(12-21(25)29)38-8-7-36/h3-6,11-16,22,26,36H,7-10,30H2,1-2H3,(H,32,33)/t15-,16+,22+,26+/m0/s1. The highest BCUT2D eigenvalue weighted by Gasteiger charge is 2.35. The summed E-state index contributed by atoms with van der Waals surface area (Å²) in [6.45, 7) is 1.81. The van der Waals surface area contributed by atoms with Gasteiger partial charge in [0, 0.05) is 31.5 Å². The van der Waals surface area contributed by atoms with Gasteiger partial charge in [0.25, 0.3) is 0 Å². The number of hydrogen-bond acceptors (Lipinski definition) is 8. The summed E-state index contributed by atoms with van der Waals surface area (Å²) in [6, 6.07) is 7.24. The molecule has 0 saturated heterocycles. The van der Waals surface area contributed by atoms with E-state index >= 15 is 0 Å². The molecule has 200 valence electrons. The van der Waals surface area contributed by atoms with E-state index in [1.54, 1.807) is 31.8 Å². The van der Waals surface area contributed by atoms with Gasteiger partial charge in [-0.15, -0.1) is 0 Å². The van der Waals surface area contributed by atoms with Crippen molar-refractivity contribution in [1.82, 2.24) is 19.6 Å². The van der Waals surface area contributed by atoms with Crippen molar-refractivity contribution in [3.8, 4) is 17.0 Å². The number of halogens is 2. The van der Waals surface area contributed by atoms with Crippen LogP contribution in [0.5, 0.6) is 5.75 Å². The van der Waals surface area contributed by atoms with Crippen LogP contribution in [0.4, 0.5) is 20.4 Å². The maximum absolute atomic E-state index is 14.9. The number of nitrogens with zero attached hydrogens (tertiary/aromatic N) is 4. The van der Waals surface area contributed by atoms with E-state index in [4.69, 9.17) is 20.3 Å². The van der Waals surface area contributed by atoms with E-state index in [-0.39, 0.29) is 54.2 Å². The van der Waals surface area contributed by atoms with E-state index in [2.05, 4.69) is 27.3 Å². The number of fused-ring (bicyclic) bond motifs is 1. The highest BCUT2D eigenvalue weighted by Crippen LogP contribution is 2.40. The lowest BCUT2D eigenvalue weighted by atomic mass is 9.74. The molecule has 0 amide bonds. The fourth-order valence-electron chi connectivity index (χ4n) is 5.35. The molecule has 5 rings (SSSR count). The van der Waals surface area contributed by atoms with Crippen molar-refractivity contribution in [2.24, 2.45) is 11.7 Å². The second kappa shape index (κ2) is 11.0. The molecule has 38 heavy (non-hydrogen) atoms. The lowest BCUT2D eigenvalue weighted by Crippen LogP contribution is -2.45. The third-order valence-electron chi connectivity index (χ3n) is 7.02. The number of ether oxygens (including phenoxy) is 2. The number of benzene rings is 1. The number of rotatable bonds is 8. The number of aliphatic hydroxyl groups excluding tert-OH is 1. The Morgan fingerprint density at radius 2 is 1.95 bits per heavy atom. The van der Waals surface area contributed by atoms with Gasteiger partial charge in [-0.2, -0.15) is 9.61 Å². The van der Waals surface area contributed by atoms with Gasteiger partial charge in [-0.3, -0.25) is 4.98 Å². The smallest absolute Gasteiger partial charge is 0.229 e. The summed E-state index contributed by atoms with van der Waals surface area (Å²) in [5, 5.41) is 16.7. The predicted molar refractivity (Wildman–Crippen MR) is 138 cm³/mol. The zero-order valence-corrected chi connectivity index (χ0v) is 21.1. The first-order valence-electron chi connectivity index (χ1n) is 12.5. The van der Waals surface area contributed by atoms with Crippen LogP contribution in [0, 0.1) is 17.6 Å². The largest absolute Gasteiger partial charge is 0.491 e. The van der Waals surface area contributed by atoms with E-state index in [1.807, 2.05) is 6.07 Å². The van der Waals surface area contributed by atoms with Gasteiger partial charge in [-0.1, -0.05) is 6.92 Å². The number of hydrogen-bond donors (Lipinski definition) is 3. The van der Waals surface area contributed by atoms with Crippen molar-refractivity contribution < 1.29 is 23.4 Å². The number of imidazole rings is 1. The summed E-state index contributed by atoms with van der Waals surface area (Å²) < 4.78 is 42.0. The third-order valence-corrected chi connectivity index (χ3v) is 7.02. The average molecular weight is 525 g/mol. The first-order chi connectivity index (χ1) is 18.4. The van der Waals surface area contributed by atoms with Crippen LogP contribution in [-0.2, 0) is 4.74 Å². The van der Waals surface area contributed by atoms with Crippen LogP contribution < -0.4 is 15.8 Å². The van der Waals surface area contributed by atoms with Crippen LogP contribution >= 0.6 is 0 Å². The Hall–Kier alpha value is -3.67. The van der Waals surface area contributed by atoms with Crippen LogP contribution in [0.1, 0.15) is 31.2 Å². The highest BCUT2D eigenvalue weighted by atomic mass is 19.1. The van der Waals surface area contributed by atoms with E-state index in [0.29, 0.717) is 11.5 Å². The van der Waals surface area contributed by atoms with Crippen molar-refractivity contribution in [2.75, 3.05) is 25.6 Å². The van der Waals surface area contributed by atoms with Crippen LogP contribution in [0.25, 0.3) is 16.8 Å². The third kappa shape index (κ3) is 5.04. The maximum atomic E-state index is 14.9. The summed E-state index contributed by atoms with van der Waals surface area (Å²) in [5.41, 5.74) is 8.69. The van der Waals surface area contributed by atoms with E-state index < -0.39 is 11.6 Å². The summed E-state index contributed by atoms with van der Waals surface area (Å²) >= 11 is 0. The molecule has 4 atom stereocenters. The Balaban J connectivity index is 1.46. The average Bonchev–Trinajstić information content (AvgIpc) is 3.29. The summed E-state index contributed by atoms with van der Waals surface area (Å²) in [4.78, 5) is 8.73. The van der Waals surface area contributed by atoms with Crippen molar-refractivity contribution in [2.45, 2.75) is 37.8 Å². The molecule has 1 aromatic carbocycles. The Labute approximate surface area is 218 Å². The summed E-state index contributed by atoms with van der Waals surface area (Å²) in [6.07, 6.45) is 6.78. The molecule has 11 heteroatoms. The fourth-order valence-corrected chi connectivity index (χ4v) is 5.35. The molecule has 3 aromatic heterocycles. The van der Waals surface area contributed by atoms with Gasteiger partial charge < -0.3 is 25.6 Å². The van der Waals surface area contributed by atoms with Gasteiger partial charge in [0.2, 0.25) is 5.95 Å². The quantitative estimate of drug-likeness (QED) is 0.316. The van der Waals surface area contributed by atoms with Gasteiger partial charge in [0.05, 0.1) is 47.6 Å². The molecular weight excluding hydrogens is 494 g/mol. The SMILES string of the molecule is CO[C@H]1[C@H](N)C[C@H](c2ccncc2Nc2ncc3ccc(-c4c(F)cc(OCCO)cc4F)nn23)C[C@@H]1C. The molecule has 1 aliphatic rings. The number of nitrogens with two attached hydrogens (primary N) is 1. The number of methoxy groups -OCH3 is 1. The molecule has 4 aromatic rings. The molecule has 0 unspecified atom stereocenters. The summed E-state index contributed by atoms with van der Waals surface area (Å²) in [7, 11) is 1.70. The first kappa shape index (κ1) is 26.0. The van der Waals surface area contributed by atoms with Gasteiger partial charge >= 0.3 is 0 Å². The topological polar surface area (TPSA) is 120 Å². The predicted octanol–water partition coefficient (Wildman–Crippen LogP) is 4.04. The van der Waals surface area contributed by atoms with Crippen LogP contribution in [0.15, 0.2) is 48.9 Å². The number of anilines is 2. The van der Waals surface area contributed by atoms with Crippen molar-refractivity contribution in [1.29, 1.82) is 0 Å². The lowest BCUT2D eigenvalue weighted by Gasteiger charge is -2.38. The molecule has 0 aliphatic heterocycles. The normalized spacial score (nSPS) is 21.5. The van der Waals surface area contributed by atoms with E-state index in [1.165, 1.54) is 10.6 Å². The molecule has 3 heterocycles. The molecule has 4 N–H and O–H groups in total. The van der Waals surface area contributed by atoms with E-state index in [0.717, 1.165) is 36.2 Å². The minimum atomic E-state index is -0.828.